The number of imidazole rings is 1. The van der Waals surface area contributed by atoms with Crippen LogP contribution in [-0.2, 0) is 6.42 Å². The van der Waals surface area contributed by atoms with Gasteiger partial charge in [0.1, 0.15) is 11.0 Å². The first-order valence-corrected chi connectivity index (χ1v) is 6.67. The molecule has 0 aliphatic rings. The number of hydrogen-bond donors (Lipinski definition) is 1. The topological polar surface area (TPSA) is 41.6 Å². The van der Waals surface area contributed by atoms with Gasteiger partial charge in [0.15, 0.2) is 5.65 Å². The Balaban J connectivity index is 2.09. The maximum atomic E-state index is 5.90. The van der Waals surface area contributed by atoms with E-state index in [1.54, 1.807) is 6.07 Å². The predicted octanol–water partition coefficient (Wildman–Crippen LogP) is 4.39. The highest BCUT2D eigenvalue weighted by Crippen LogP contribution is 2.23. The molecule has 0 radical (unpaired) electrons. The van der Waals surface area contributed by atoms with Crippen LogP contribution >= 0.6 is 23.2 Å². The van der Waals surface area contributed by atoms with Crippen molar-refractivity contribution in [2.24, 2.45) is 0 Å². The molecule has 0 amide bonds. The van der Waals surface area contributed by atoms with Crippen LogP contribution in [0.15, 0.2) is 6.07 Å². The SMILES string of the molecule is CCCCCCc1nc2nc(Cl)c(Cl)cc2[nH]1. The van der Waals surface area contributed by atoms with Crippen LogP contribution in [0.5, 0.6) is 0 Å². The lowest BCUT2D eigenvalue weighted by atomic mass is 10.1. The lowest BCUT2D eigenvalue weighted by molar-refractivity contribution is 0.656. The first-order chi connectivity index (χ1) is 8.20. The van der Waals surface area contributed by atoms with E-state index in [1.165, 1.54) is 19.3 Å². The molecule has 0 atom stereocenters. The number of aryl methyl sites for hydroxylation is 1. The third-order valence-electron chi connectivity index (χ3n) is 2.70. The zero-order valence-corrected chi connectivity index (χ0v) is 11.3. The number of pyridine rings is 1. The van der Waals surface area contributed by atoms with E-state index in [1.807, 2.05) is 0 Å². The van der Waals surface area contributed by atoms with Crippen molar-refractivity contribution >= 4 is 34.4 Å². The Hall–Kier alpha value is -0.800. The van der Waals surface area contributed by atoms with Crippen LogP contribution in [0.25, 0.3) is 11.2 Å². The molecule has 2 aromatic heterocycles. The normalized spacial score (nSPS) is 11.2. The van der Waals surface area contributed by atoms with E-state index >= 15 is 0 Å². The van der Waals surface area contributed by atoms with E-state index in [-0.39, 0.29) is 0 Å². The molecular formula is C12H15Cl2N3. The van der Waals surface area contributed by atoms with Gasteiger partial charge in [0.05, 0.1) is 10.5 Å². The lowest BCUT2D eigenvalue weighted by Gasteiger charge is -1.95. The number of aromatic amines is 1. The quantitative estimate of drug-likeness (QED) is 0.648. The maximum absolute atomic E-state index is 5.90. The van der Waals surface area contributed by atoms with Crippen LogP contribution in [0.4, 0.5) is 0 Å². The van der Waals surface area contributed by atoms with E-state index in [9.17, 15) is 0 Å². The molecule has 2 heterocycles. The molecule has 0 aromatic carbocycles. The standard InChI is InChI=1S/C12H15Cl2N3/c1-2-3-4-5-6-10-15-9-7-8(13)11(14)17-12(9)16-10/h7H,2-6H2,1H3,(H,15,16,17). The summed E-state index contributed by atoms with van der Waals surface area (Å²) in [5, 5.41) is 0.767. The summed E-state index contributed by atoms with van der Waals surface area (Å²) in [6.07, 6.45) is 5.85. The van der Waals surface area contributed by atoms with Crippen LogP contribution < -0.4 is 0 Å². The number of H-pyrrole nitrogens is 1. The Bertz CT molecular complexity index is 469. The number of halogens is 2. The van der Waals surface area contributed by atoms with Crippen molar-refractivity contribution in [3.05, 3.63) is 22.1 Å². The largest absolute Gasteiger partial charge is 0.341 e. The predicted molar refractivity (Wildman–Crippen MR) is 71.8 cm³/mol. The van der Waals surface area contributed by atoms with Gasteiger partial charge >= 0.3 is 0 Å². The van der Waals surface area contributed by atoms with Crippen molar-refractivity contribution in [3.63, 3.8) is 0 Å². The van der Waals surface area contributed by atoms with Gasteiger partial charge in [-0.1, -0.05) is 49.4 Å². The molecule has 2 rings (SSSR count). The maximum Gasteiger partial charge on any atom is 0.179 e. The first-order valence-electron chi connectivity index (χ1n) is 5.91. The summed E-state index contributed by atoms with van der Waals surface area (Å²) in [5.41, 5.74) is 1.50. The second kappa shape index (κ2) is 5.69. The highest BCUT2D eigenvalue weighted by molar-refractivity contribution is 6.41. The number of fused-ring (bicyclic) bond motifs is 1. The van der Waals surface area contributed by atoms with Gasteiger partial charge in [-0.2, -0.15) is 0 Å². The van der Waals surface area contributed by atoms with Gasteiger partial charge in [0.2, 0.25) is 0 Å². The fourth-order valence-electron chi connectivity index (χ4n) is 1.78. The molecule has 0 fully saturated rings. The van der Waals surface area contributed by atoms with E-state index < -0.39 is 0 Å². The molecule has 5 heteroatoms. The van der Waals surface area contributed by atoms with Gasteiger partial charge in [-0.05, 0) is 12.5 Å². The number of nitrogens with zero attached hydrogens (tertiary/aromatic N) is 2. The fraction of sp³-hybridized carbons (Fsp3) is 0.500. The van der Waals surface area contributed by atoms with Crippen molar-refractivity contribution in [2.75, 3.05) is 0 Å². The first kappa shape index (κ1) is 12.7. The molecule has 92 valence electrons. The average Bonchev–Trinajstić information content (AvgIpc) is 2.67. The van der Waals surface area contributed by atoms with Gasteiger partial charge in [-0.25, -0.2) is 9.97 Å². The Labute approximate surface area is 111 Å². The van der Waals surface area contributed by atoms with Crippen molar-refractivity contribution in [1.82, 2.24) is 15.0 Å². The summed E-state index contributed by atoms with van der Waals surface area (Å²) >= 11 is 11.7. The van der Waals surface area contributed by atoms with Crippen LogP contribution in [0.1, 0.15) is 38.4 Å². The number of rotatable bonds is 5. The number of aromatic nitrogens is 3. The summed E-state index contributed by atoms with van der Waals surface area (Å²) in [6, 6.07) is 1.77. The van der Waals surface area contributed by atoms with Crippen molar-refractivity contribution in [3.8, 4) is 0 Å². The van der Waals surface area contributed by atoms with Crippen molar-refractivity contribution < 1.29 is 0 Å². The smallest absolute Gasteiger partial charge is 0.179 e. The molecule has 0 aliphatic carbocycles. The van der Waals surface area contributed by atoms with Gasteiger partial charge in [0, 0.05) is 6.42 Å². The van der Waals surface area contributed by atoms with Crippen LogP contribution in [0.2, 0.25) is 10.2 Å². The molecule has 0 spiro atoms. The summed E-state index contributed by atoms with van der Waals surface area (Å²) in [7, 11) is 0. The minimum absolute atomic E-state index is 0.309. The van der Waals surface area contributed by atoms with Crippen molar-refractivity contribution in [2.45, 2.75) is 39.0 Å². The molecule has 2 aromatic rings. The van der Waals surface area contributed by atoms with Gasteiger partial charge < -0.3 is 4.98 Å². The highest BCUT2D eigenvalue weighted by Gasteiger charge is 2.07. The number of nitrogens with one attached hydrogen (secondary N) is 1. The molecular weight excluding hydrogens is 257 g/mol. The summed E-state index contributed by atoms with van der Waals surface area (Å²) in [6.45, 7) is 2.20. The van der Waals surface area contributed by atoms with Crippen LogP contribution in [0.3, 0.4) is 0 Å². The van der Waals surface area contributed by atoms with E-state index in [2.05, 4.69) is 21.9 Å². The molecule has 0 unspecified atom stereocenters. The molecule has 0 bridgehead atoms. The summed E-state index contributed by atoms with van der Waals surface area (Å²) in [4.78, 5) is 11.8. The van der Waals surface area contributed by atoms with Gasteiger partial charge in [-0.3, -0.25) is 0 Å². The van der Waals surface area contributed by atoms with Gasteiger partial charge in [0.25, 0.3) is 0 Å². The Morgan fingerprint density at radius 1 is 1.18 bits per heavy atom. The van der Waals surface area contributed by atoms with Crippen LogP contribution in [-0.4, -0.2) is 15.0 Å². The zero-order chi connectivity index (χ0) is 12.3. The monoisotopic (exact) mass is 271 g/mol. The molecule has 0 aliphatic heterocycles. The van der Waals surface area contributed by atoms with E-state index in [0.717, 1.165) is 24.2 Å². The van der Waals surface area contributed by atoms with E-state index in [4.69, 9.17) is 23.2 Å². The Morgan fingerprint density at radius 3 is 2.76 bits per heavy atom. The Morgan fingerprint density at radius 2 is 2.00 bits per heavy atom. The zero-order valence-electron chi connectivity index (χ0n) is 9.76. The molecule has 1 N–H and O–H groups in total. The third-order valence-corrected chi connectivity index (χ3v) is 3.37. The molecule has 0 saturated carbocycles. The lowest BCUT2D eigenvalue weighted by Crippen LogP contribution is -1.88. The second-order valence-corrected chi connectivity index (χ2v) is 4.89. The highest BCUT2D eigenvalue weighted by atomic mass is 35.5. The van der Waals surface area contributed by atoms with Crippen LogP contribution in [0, 0.1) is 0 Å². The average molecular weight is 272 g/mol. The van der Waals surface area contributed by atoms with Gasteiger partial charge in [-0.15, -0.1) is 0 Å². The number of hydrogen-bond acceptors (Lipinski definition) is 2. The van der Waals surface area contributed by atoms with Crippen molar-refractivity contribution in [1.29, 1.82) is 0 Å². The summed E-state index contributed by atoms with van der Waals surface area (Å²) in [5.74, 6) is 0.960. The fourth-order valence-corrected chi connectivity index (χ4v) is 2.07. The third kappa shape index (κ3) is 3.11. The molecule has 17 heavy (non-hydrogen) atoms. The minimum Gasteiger partial charge on any atom is -0.341 e. The second-order valence-electron chi connectivity index (χ2n) is 4.13. The van der Waals surface area contributed by atoms with E-state index in [0.29, 0.717) is 15.8 Å². The molecule has 0 saturated heterocycles. The minimum atomic E-state index is 0.309. The summed E-state index contributed by atoms with van der Waals surface area (Å²) < 4.78 is 0. The Kier molecular flexibility index (Phi) is 4.24. The molecule has 3 nitrogen and oxygen atoms in total. The number of unbranched alkanes of at least 4 members (excludes halogenated alkanes) is 3.